The van der Waals surface area contributed by atoms with E-state index in [1.54, 1.807) is 19.2 Å². The van der Waals surface area contributed by atoms with Crippen LogP contribution in [0.3, 0.4) is 0 Å². The Bertz CT molecular complexity index is 1290. The molecule has 1 aliphatic heterocycles. The summed E-state index contributed by atoms with van der Waals surface area (Å²) in [5.74, 6) is -0.198. The summed E-state index contributed by atoms with van der Waals surface area (Å²) in [4.78, 5) is 23.8. The van der Waals surface area contributed by atoms with E-state index in [9.17, 15) is 23.1 Å². The van der Waals surface area contributed by atoms with Gasteiger partial charge in [-0.3, -0.25) is 9.78 Å². The van der Waals surface area contributed by atoms with E-state index in [1.165, 1.54) is 18.3 Å². The number of halogens is 3. The summed E-state index contributed by atoms with van der Waals surface area (Å²) >= 11 is 0. The fraction of sp³-hybridized carbons (Fsp3) is 0.393. The van der Waals surface area contributed by atoms with E-state index in [1.807, 2.05) is 13.0 Å². The van der Waals surface area contributed by atoms with E-state index in [2.05, 4.69) is 20.2 Å². The smallest absolute Gasteiger partial charge is 0.416 e. The molecule has 3 heterocycles. The van der Waals surface area contributed by atoms with Gasteiger partial charge < -0.3 is 24.8 Å². The zero-order valence-electron chi connectivity index (χ0n) is 21.8. The Morgan fingerprint density at radius 1 is 1.18 bits per heavy atom. The molecular formula is C28H31F3N4O4. The molecule has 1 atom stereocenters. The fourth-order valence-electron chi connectivity index (χ4n) is 4.21. The molecule has 39 heavy (non-hydrogen) atoms. The maximum atomic E-state index is 13.1. The molecule has 0 saturated carbocycles. The first-order valence-corrected chi connectivity index (χ1v) is 12.7. The summed E-state index contributed by atoms with van der Waals surface area (Å²) in [5, 5.41) is 12.2. The van der Waals surface area contributed by atoms with Crippen molar-refractivity contribution in [2.24, 2.45) is 0 Å². The SMILES string of the molecule is Cc1ncc(NC(=O)c2cccc(C(F)(F)F)c2)cc1-c1cnc(OCCCC(C)O)c(N2CCOCC2)c1. The molecule has 1 aliphatic rings. The van der Waals surface area contributed by atoms with Crippen molar-refractivity contribution in [3.05, 3.63) is 65.6 Å². The molecule has 4 rings (SSSR count). The average molecular weight is 545 g/mol. The van der Waals surface area contributed by atoms with Gasteiger partial charge in [-0.05, 0) is 57.0 Å². The van der Waals surface area contributed by atoms with Crippen LogP contribution in [0.4, 0.5) is 24.5 Å². The van der Waals surface area contributed by atoms with E-state index in [0.29, 0.717) is 68.6 Å². The molecular weight excluding hydrogens is 513 g/mol. The zero-order chi connectivity index (χ0) is 28.0. The number of nitrogens with one attached hydrogen (secondary N) is 1. The molecule has 1 fully saturated rings. The van der Waals surface area contributed by atoms with Gasteiger partial charge in [-0.25, -0.2) is 4.98 Å². The normalized spacial score (nSPS) is 14.7. The number of rotatable bonds is 9. The third kappa shape index (κ3) is 7.45. The molecule has 1 aromatic carbocycles. The second-order valence-corrected chi connectivity index (χ2v) is 9.38. The Kier molecular flexibility index (Phi) is 9.03. The molecule has 11 heteroatoms. The number of amides is 1. The largest absolute Gasteiger partial charge is 0.476 e. The van der Waals surface area contributed by atoms with Crippen molar-refractivity contribution in [2.45, 2.75) is 39.0 Å². The highest BCUT2D eigenvalue weighted by Gasteiger charge is 2.31. The maximum Gasteiger partial charge on any atom is 0.416 e. The Labute approximate surface area is 224 Å². The van der Waals surface area contributed by atoms with Crippen molar-refractivity contribution in [3.8, 4) is 17.0 Å². The molecule has 208 valence electrons. The first-order valence-electron chi connectivity index (χ1n) is 12.7. The third-order valence-corrected chi connectivity index (χ3v) is 6.30. The van der Waals surface area contributed by atoms with Crippen LogP contribution >= 0.6 is 0 Å². The standard InChI is InChI=1S/C28H31F3N4O4/c1-18(36)5-4-10-39-27-25(35-8-11-38-12-9-35)14-21(16-33-27)24-15-23(17-32-19(24)2)34-26(37)20-6-3-7-22(13-20)28(29,30)31/h3,6-7,13-18,36H,4-5,8-12H2,1-2H3,(H,34,37). The highest BCUT2D eigenvalue weighted by atomic mass is 19.4. The lowest BCUT2D eigenvalue weighted by Crippen LogP contribution is -2.36. The van der Waals surface area contributed by atoms with Crippen LogP contribution in [0.25, 0.3) is 11.1 Å². The first-order chi connectivity index (χ1) is 18.6. The fourth-order valence-corrected chi connectivity index (χ4v) is 4.21. The summed E-state index contributed by atoms with van der Waals surface area (Å²) in [6.45, 7) is 6.44. The van der Waals surface area contributed by atoms with Gasteiger partial charge in [-0.2, -0.15) is 13.2 Å². The number of alkyl halides is 3. The van der Waals surface area contributed by atoms with Gasteiger partial charge in [0.1, 0.15) is 5.69 Å². The van der Waals surface area contributed by atoms with Crippen LogP contribution in [0.2, 0.25) is 0 Å². The van der Waals surface area contributed by atoms with E-state index >= 15 is 0 Å². The van der Waals surface area contributed by atoms with Crippen LogP contribution in [0, 0.1) is 6.92 Å². The number of hydrogen-bond donors (Lipinski definition) is 2. The number of aliphatic hydroxyl groups excluding tert-OH is 1. The molecule has 0 aliphatic carbocycles. The zero-order valence-corrected chi connectivity index (χ0v) is 21.8. The molecule has 1 unspecified atom stereocenters. The lowest BCUT2D eigenvalue weighted by Gasteiger charge is -2.30. The molecule has 1 saturated heterocycles. The maximum absolute atomic E-state index is 13.1. The van der Waals surface area contributed by atoms with Gasteiger partial charge in [0, 0.05) is 41.7 Å². The van der Waals surface area contributed by atoms with E-state index in [-0.39, 0.29) is 5.56 Å². The van der Waals surface area contributed by atoms with Crippen molar-refractivity contribution >= 4 is 17.3 Å². The number of aryl methyl sites for hydroxylation is 1. The van der Waals surface area contributed by atoms with E-state index in [4.69, 9.17) is 9.47 Å². The van der Waals surface area contributed by atoms with E-state index in [0.717, 1.165) is 23.4 Å². The number of carbonyl (C=O) groups is 1. The van der Waals surface area contributed by atoms with Crippen molar-refractivity contribution < 1.29 is 32.5 Å². The summed E-state index contributed by atoms with van der Waals surface area (Å²) in [5.41, 5.74) is 2.27. The molecule has 2 aromatic heterocycles. The Balaban J connectivity index is 1.59. The number of pyridine rings is 2. The third-order valence-electron chi connectivity index (χ3n) is 6.30. The molecule has 2 N–H and O–H groups in total. The van der Waals surface area contributed by atoms with Crippen LogP contribution in [-0.2, 0) is 10.9 Å². The second kappa shape index (κ2) is 12.4. The Morgan fingerprint density at radius 3 is 2.67 bits per heavy atom. The monoisotopic (exact) mass is 544 g/mol. The summed E-state index contributed by atoms with van der Waals surface area (Å²) < 4.78 is 50.7. The number of aromatic nitrogens is 2. The predicted octanol–water partition coefficient (Wildman–Crippen LogP) is 5.10. The quantitative estimate of drug-likeness (QED) is 0.362. The lowest BCUT2D eigenvalue weighted by atomic mass is 10.0. The van der Waals surface area contributed by atoms with Crippen molar-refractivity contribution in [1.29, 1.82) is 0 Å². The van der Waals surface area contributed by atoms with Gasteiger partial charge in [-0.15, -0.1) is 0 Å². The number of hydrogen-bond acceptors (Lipinski definition) is 7. The van der Waals surface area contributed by atoms with Crippen LogP contribution in [0.1, 0.15) is 41.4 Å². The molecule has 3 aromatic rings. The average Bonchev–Trinajstić information content (AvgIpc) is 2.92. The second-order valence-electron chi connectivity index (χ2n) is 9.38. The van der Waals surface area contributed by atoms with Gasteiger partial charge >= 0.3 is 6.18 Å². The van der Waals surface area contributed by atoms with Gasteiger partial charge in [0.25, 0.3) is 5.91 Å². The molecule has 0 spiro atoms. The topological polar surface area (TPSA) is 96.8 Å². The molecule has 0 bridgehead atoms. The number of aliphatic hydroxyl groups is 1. The van der Waals surface area contributed by atoms with E-state index < -0.39 is 23.8 Å². The number of nitrogens with zero attached hydrogens (tertiary/aromatic N) is 3. The number of benzene rings is 1. The molecule has 0 radical (unpaired) electrons. The van der Waals surface area contributed by atoms with Crippen LogP contribution in [-0.4, -0.2) is 60.0 Å². The van der Waals surface area contributed by atoms with Crippen LogP contribution < -0.4 is 15.0 Å². The van der Waals surface area contributed by atoms with Gasteiger partial charge in [0.2, 0.25) is 5.88 Å². The van der Waals surface area contributed by atoms with Crippen molar-refractivity contribution in [2.75, 3.05) is 43.1 Å². The van der Waals surface area contributed by atoms with Gasteiger partial charge in [-0.1, -0.05) is 6.07 Å². The van der Waals surface area contributed by atoms with Crippen LogP contribution in [0.5, 0.6) is 5.88 Å². The summed E-state index contributed by atoms with van der Waals surface area (Å²) in [7, 11) is 0. The van der Waals surface area contributed by atoms with Crippen LogP contribution in [0.15, 0.2) is 48.8 Å². The van der Waals surface area contributed by atoms with Crippen molar-refractivity contribution in [1.82, 2.24) is 9.97 Å². The predicted molar refractivity (Wildman–Crippen MR) is 141 cm³/mol. The summed E-state index contributed by atoms with van der Waals surface area (Å²) in [6, 6.07) is 7.93. The lowest BCUT2D eigenvalue weighted by molar-refractivity contribution is -0.137. The highest BCUT2D eigenvalue weighted by Crippen LogP contribution is 2.34. The minimum absolute atomic E-state index is 0.111. The number of carbonyl (C=O) groups excluding carboxylic acids is 1. The Hall–Kier alpha value is -3.70. The number of morpholine rings is 1. The number of ether oxygens (including phenoxy) is 2. The molecule has 8 nitrogen and oxygen atoms in total. The highest BCUT2D eigenvalue weighted by molar-refractivity contribution is 6.04. The summed E-state index contributed by atoms with van der Waals surface area (Å²) in [6.07, 6.45) is -0.529. The Morgan fingerprint density at radius 2 is 1.95 bits per heavy atom. The number of anilines is 2. The van der Waals surface area contributed by atoms with Crippen molar-refractivity contribution in [3.63, 3.8) is 0 Å². The molecule has 1 amide bonds. The minimum Gasteiger partial charge on any atom is -0.476 e. The van der Waals surface area contributed by atoms with Gasteiger partial charge in [0.05, 0.1) is 43.4 Å². The van der Waals surface area contributed by atoms with Gasteiger partial charge in [0.15, 0.2) is 0 Å². The first kappa shape index (κ1) is 28.3. The minimum atomic E-state index is -4.55.